The number of nitrogens with zero attached hydrogens (tertiary/aromatic N) is 2. The molecule has 25 heavy (non-hydrogen) atoms. The third kappa shape index (κ3) is 5.19. The summed E-state index contributed by atoms with van der Waals surface area (Å²) in [5.41, 5.74) is -0.0521. The van der Waals surface area contributed by atoms with Gasteiger partial charge in [-0.15, -0.1) is 0 Å². The second-order valence-corrected chi connectivity index (χ2v) is 6.88. The summed E-state index contributed by atoms with van der Waals surface area (Å²) in [4.78, 5) is 24.7. The van der Waals surface area contributed by atoms with Crippen molar-refractivity contribution in [3.05, 3.63) is 69.2 Å². The van der Waals surface area contributed by atoms with Gasteiger partial charge in [0.05, 0.1) is 11.5 Å². The fourth-order valence-corrected chi connectivity index (χ4v) is 2.36. The summed E-state index contributed by atoms with van der Waals surface area (Å²) >= 11 is 6.00. The minimum atomic E-state index is -0.737. The van der Waals surface area contributed by atoms with E-state index in [0.717, 1.165) is 5.56 Å². The second kappa shape index (κ2) is 7.53. The molecule has 6 nitrogen and oxygen atoms in total. The fraction of sp³-hybridized carbons (Fsp3) is 0.278. The smallest absolute Gasteiger partial charge is 0.415 e. The van der Waals surface area contributed by atoms with Gasteiger partial charge >= 0.3 is 6.09 Å². The summed E-state index contributed by atoms with van der Waals surface area (Å²) in [6.45, 7) is 5.32. The standard InChI is InChI=1S/C18H19ClN2O4/c1-18(2,3)25-17(22)20(12-13-7-5-4-6-8-13)16-11-14(19)9-10-15(16)21(23)24/h4-11H,12H2,1-3H3. The van der Waals surface area contributed by atoms with Gasteiger partial charge in [-0.2, -0.15) is 0 Å². The number of anilines is 1. The van der Waals surface area contributed by atoms with Crippen molar-refractivity contribution in [2.24, 2.45) is 0 Å². The molecule has 132 valence electrons. The van der Waals surface area contributed by atoms with Crippen LogP contribution in [0.3, 0.4) is 0 Å². The Hall–Kier alpha value is -2.60. The maximum absolute atomic E-state index is 12.7. The first-order valence-corrected chi connectivity index (χ1v) is 8.03. The van der Waals surface area contributed by atoms with Crippen LogP contribution in [0.15, 0.2) is 48.5 Å². The topological polar surface area (TPSA) is 72.7 Å². The molecule has 0 aromatic heterocycles. The van der Waals surface area contributed by atoms with E-state index in [-0.39, 0.29) is 17.9 Å². The SMILES string of the molecule is CC(C)(C)OC(=O)N(Cc1ccccc1)c1cc(Cl)ccc1[N+](=O)[O-]. The van der Waals surface area contributed by atoms with Crippen molar-refractivity contribution in [3.63, 3.8) is 0 Å². The lowest BCUT2D eigenvalue weighted by atomic mass is 10.2. The van der Waals surface area contributed by atoms with Crippen LogP contribution in [0.5, 0.6) is 0 Å². The van der Waals surface area contributed by atoms with Crippen molar-refractivity contribution in [2.75, 3.05) is 4.90 Å². The number of ether oxygens (including phenoxy) is 1. The Morgan fingerprint density at radius 1 is 1.20 bits per heavy atom. The summed E-state index contributed by atoms with van der Waals surface area (Å²) in [5, 5.41) is 11.7. The third-order valence-corrected chi connectivity index (χ3v) is 3.46. The number of benzene rings is 2. The van der Waals surface area contributed by atoms with Gasteiger partial charge in [-0.25, -0.2) is 4.79 Å². The second-order valence-electron chi connectivity index (χ2n) is 6.44. The zero-order valence-electron chi connectivity index (χ0n) is 14.2. The Labute approximate surface area is 151 Å². The molecule has 0 fully saturated rings. The molecule has 0 atom stereocenters. The van der Waals surface area contributed by atoms with Gasteiger partial charge in [-0.05, 0) is 38.5 Å². The molecule has 2 rings (SSSR count). The van der Waals surface area contributed by atoms with Gasteiger partial charge in [-0.1, -0.05) is 41.9 Å². The van der Waals surface area contributed by atoms with E-state index in [1.54, 1.807) is 20.8 Å². The molecule has 0 unspecified atom stereocenters. The Morgan fingerprint density at radius 2 is 1.84 bits per heavy atom. The van der Waals surface area contributed by atoms with Gasteiger partial charge in [-0.3, -0.25) is 15.0 Å². The summed E-state index contributed by atoms with van der Waals surface area (Å²) in [7, 11) is 0. The van der Waals surface area contributed by atoms with E-state index in [4.69, 9.17) is 16.3 Å². The maximum Gasteiger partial charge on any atom is 0.415 e. The number of amides is 1. The summed E-state index contributed by atoms with van der Waals surface area (Å²) in [6.07, 6.45) is -0.679. The first-order valence-electron chi connectivity index (χ1n) is 7.66. The van der Waals surface area contributed by atoms with Crippen LogP contribution in [-0.4, -0.2) is 16.6 Å². The Morgan fingerprint density at radius 3 is 2.40 bits per heavy atom. The van der Waals surface area contributed by atoms with Gasteiger partial charge in [0.2, 0.25) is 0 Å². The van der Waals surface area contributed by atoms with Crippen molar-refractivity contribution in [2.45, 2.75) is 32.9 Å². The van der Waals surface area contributed by atoms with Crippen LogP contribution in [0.1, 0.15) is 26.3 Å². The molecule has 0 N–H and O–H groups in total. The molecule has 0 radical (unpaired) electrons. The van der Waals surface area contributed by atoms with E-state index in [1.807, 2.05) is 30.3 Å². The molecule has 0 heterocycles. The Balaban J connectivity index is 2.49. The highest BCUT2D eigenvalue weighted by Gasteiger charge is 2.29. The van der Waals surface area contributed by atoms with Crippen LogP contribution in [0.2, 0.25) is 5.02 Å². The van der Waals surface area contributed by atoms with Crippen LogP contribution in [0, 0.1) is 10.1 Å². The largest absolute Gasteiger partial charge is 0.443 e. The van der Waals surface area contributed by atoms with E-state index < -0.39 is 16.6 Å². The van der Waals surface area contributed by atoms with E-state index in [0.29, 0.717) is 5.02 Å². The minimum Gasteiger partial charge on any atom is -0.443 e. The van der Waals surface area contributed by atoms with Crippen LogP contribution >= 0.6 is 11.6 Å². The molecule has 0 saturated heterocycles. The molecule has 0 aliphatic carbocycles. The summed E-state index contributed by atoms with van der Waals surface area (Å²) in [6, 6.07) is 13.3. The quantitative estimate of drug-likeness (QED) is 0.554. The lowest BCUT2D eigenvalue weighted by Gasteiger charge is -2.27. The van der Waals surface area contributed by atoms with Crippen molar-refractivity contribution in [1.82, 2.24) is 0 Å². The van der Waals surface area contributed by atoms with E-state index in [2.05, 4.69) is 0 Å². The molecule has 0 bridgehead atoms. The Bertz CT molecular complexity index is 772. The molecule has 0 aliphatic heterocycles. The van der Waals surface area contributed by atoms with E-state index in [1.165, 1.54) is 23.1 Å². The van der Waals surface area contributed by atoms with Crippen LogP contribution < -0.4 is 4.90 Å². The maximum atomic E-state index is 12.7. The number of hydrogen-bond acceptors (Lipinski definition) is 4. The predicted octanol–water partition coefficient (Wildman–Crippen LogP) is 5.19. The van der Waals surface area contributed by atoms with Crippen molar-refractivity contribution in [1.29, 1.82) is 0 Å². The number of rotatable bonds is 4. The number of nitro benzene ring substituents is 1. The van der Waals surface area contributed by atoms with Crippen molar-refractivity contribution in [3.8, 4) is 0 Å². The molecule has 2 aromatic carbocycles. The molecule has 0 spiro atoms. The number of carbonyl (C=O) groups is 1. The van der Waals surface area contributed by atoms with Gasteiger partial charge in [0.25, 0.3) is 5.69 Å². The van der Waals surface area contributed by atoms with Crippen LogP contribution in [0.4, 0.5) is 16.2 Å². The van der Waals surface area contributed by atoms with E-state index >= 15 is 0 Å². The number of hydrogen-bond donors (Lipinski definition) is 0. The number of halogens is 1. The average molecular weight is 363 g/mol. The Kier molecular flexibility index (Phi) is 5.64. The first-order chi connectivity index (χ1) is 11.7. The minimum absolute atomic E-state index is 0.0932. The lowest BCUT2D eigenvalue weighted by Crippen LogP contribution is -2.36. The van der Waals surface area contributed by atoms with Gasteiger partial charge in [0, 0.05) is 11.1 Å². The molecule has 0 saturated carbocycles. The highest BCUT2D eigenvalue weighted by Crippen LogP contribution is 2.33. The third-order valence-electron chi connectivity index (χ3n) is 3.22. The molecule has 1 amide bonds. The zero-order valence-corrected chi connectivity index (χ0v) is 15.0. The van der Waals surface area contributed by atoms with Gasteiger partial charge in [0.1, 0.15) is 11.3 Å². The molecular formula is C18H19ClN2O4. The van der Waals surface area contributed by atoms with Crippen LogP contribution in [0.25, 0.3) is 0 Å². The first kappa shape index (κ1) is 18.7. The molecule has 7 heteroatoms. The lowest BCUT2D eigenvalue weighted by molar-refractivity contribution is -0.384. The average Bonchev–Trinajstić information content (AvgIpc) is 2.51. The van der Waals surface area contributed by atoms with Gasteiger partial charge in [0.15, 0.2) is 0 Å². The number of carbonyl (C=O) groups excluding carboxylic acids is 1. The zero-order chi connectivity index (χ0) is 18.6. The summed E-state index contributed by atoms with van der Waals surface area (Å²) < 4.78 is 5.42. The molecule has 0 aliphatic rings. The normalized spacial score (nSPS) is 11.0. The van der Waals surface area contributed by atoms with Gasteiger partial charge < -0.3 is 4.74 Å². The molecular weight excluding hydrogens is 344 g/mol. The fourth-order valence-electron chi connectivity index (χ4n) is 2.20. The monoisotopic (exact) mass is 362 g/mol. The highest BCUT2D eigenvalue weighted by atomic mass is 35.5. The van der Waals surface area contributed by atoms with Crippen LogP contribution in [-0.2, 0) is 11.3 Å². The van der Waals surface area contributed by atoms with Crippen molar-refractivity contribution >= 4 is 29.1 Å². The highest BCUT2D eigenvalue weighted by molar-refractivity contribution is 6.31. The summed E-state index contributed by atoms with van der Waals surface area (Å²) in [5.74, 6) is 0. The van der Waals surface area contributed by atoms with Crippen molar-refractivity contribution < 1.29 is 14.5 Å². The number of nitro groups is 1. The predicted molar refractivity (Wildman–Crippen MR) is 97.0 cm³/mol. The molecule has 2 aromatic rings. The van der Waals surface area contributed by atoms with E-state index in [9.17, 15) is 14.9 Å².